The molecule has 0 aliphatic heterocycles. The van der Waals surface area contributed by atoms with Gasteiger partial charge in [-0.2, -0.15) is 0 Å². The number of carbonyl (C=O) groups excluding carboxylic acids is 1. The zero-order chi connectivity index (χ0) is 22.7. The maximum atomic E-state index is 12.8. The van der Waals surface area contributed by atoms with Crippen LogP contribution in [0.25, 0.3) is 10.8 Å². The van der Waals surface area contributed by atoms with E-state index in [0.29, 0.717) is 5.92 Å². The van der Waals surface area contributed by atoms with Crippen LogP contribution in [0.3, 0.4) is 0 Å². The van der Waals surface area contributed by atoms with E-state index in [9.17, 15) is 4.79 Å². The number of fused-ring (bicyclic) bond motifs is 1. The van der Waals surface area contributed by atoms with Gasteiger partial charge in [0.25, 0.3) is 0 Å². The number of anilines is 1. The Morgan fingerprint density at radius 3 is 2.81 bits per heavy atom. The van der Waals surface area contributed by atoms with Crippen molar-refractivity contribution < 1.29 is 9.53 Å². The van der Waals surface area contributed by atoms with E-state index in [1.54, 1.807) is 25.6 Å². The molecule has 1 unspecified atom stereocenters. The van der Waals surface area contributed by atoms with Gasteiger partial charge in [-0.05, 0) is 60.6 Å². The Kier molecular flexibility index (Phi) is 6.13. The summed E-state index contributed by atoms with van der Waals surface area (Å²) in [6.07, 6.45) is 9.35. The van der Waals surface area contributed by atoms with Crippen LogP contribution in [-0.4, -0.2) is 18.0 Å². The van der Waals surface area contributed by atoms with Crippen molar-refractivity contribution in [3.05, 3.63) is 89.8 Å². The molecule has 2 aromatic carbocycles. The summed E-state index contributed by atoms with van der Waals surface area (Å²) in [5.74, 6) is 1.07. The third kappa shape index (κ3) is 4.45. The summed E-state index contributed by atoms with van der Waals surface area (Å²) >= 11 is 0. The van der Waals surface area contributed by atoms with E-state index >= 15 is 0 Å². The number of carbonyl (C=O) groups is 1. The molecule has 1 N–H and O–H groups in total. The molecule has 1 aliphatic carbocycles. The Balaban J connectivity index is 1.60. The van der Waals surface area contributed by atoms with Gasteiger partial charge in [0.2, 0.25) is 5.91 Å². The van der Waals surface area contributed by atoms with Crippen molar-refractivity contribution in [3.8, 4) is 5.75 Å². The molecule has 0 radical (unpaired) electrons. The fourth-order valence-corrected chi connectivity index (χ4v) is 4.77. The first-order valence-corrected chi connectivity index (χ1v) is 11.1. The van der Waals surface area contributed by atoms with Crippen LogP contribution in [0.1, 0.15) is 45.1 Å². The predicted octanol–water partition coefficient (Wildman–Crippen LogP) is 6.66. The molecule has 1 aliphatic rings. The number of hydrogen-bond acceptors (Lipinski definition) is 3. The molecule has 4 rings (SSSR count). The van der Waals surface area contributed by atoms with Crippen LogP contribution in [0.5, 0.6) is 5.75 Å². The zero-order valence-corrected chi connectivity index (χ0v) is 19.2. The number of nitrogens with zero attached hydrogens (tertiary/aromatic N) is 1. The van der Waals surface area contributed by atoms with Gasteiger partial charge in [-0.25, -0.2) is 0 Å². The third-order valence-corrected chi connectivity index (χ3v) is 6.57. The molecule has 1 atom stereocenters. The first-order chi connectivity index (χ1) is 15.4. The van der Waals surface area contributed by atoms with Crippen molar-refractivity contribution in [2.45, 2.75) is 39.5 Å². The van der Waals surface area contributed by atoms with Crippen LogP contribution in [0.4, 0.5) is 5.69 Å². The normalized spacial score (nSPS) is 18.2. The average Bonchev–Trinajstić information content (AvgIpc) is 2.79. The lowest BCUT2D eigenvalue weighted by Crippen LogP contribution is -2.24. The molecule has 4 heteroatoms. The Morgan fingerprint density at radius 1 is 1.19 bits per heavy atom. The summed E-state index contributed by atoms with van der Waals surface area (Å²) in [5.41, 5.74) is 4.62. The first kappa shape index (κ1) is 21.8. The van der Waals surface area contributed by atoms with Crippen LogP contribution < -0.4 is 10.1 Å². The fraction of sp³-hybridized carbons (Fsp3) is 0.286. The van der Waals surface area contributed by atoms with Crippen molar-refractivity contribution in [3.63, 3.8) is 0 Å². The highest BCUT2D eigenvalue weighted by Crippen LogP contribution is 2.47. The standard InChI is InChI=1S/C28H30N2O2/c1-19-23(20-7-5-9-22(17-20)32-4)13-15-28(2,3)25(19)11-12-27(31)30-26-10-6-8-21-18-29-16-14-24(21)26/h5-12,14,16-18,23H,13,15H2,1-4H3,(H,30,31). The molecule has 4 nitrogen and oxygen atoms in total. The predicted molar refractivity (Wildman–Crippen MR) is 131 cm³/mol. The van der Waals surface area contributed by atoms with Crippen molar-refractivity contribution in [2.75, 3.05) is 12.4 Å². The molecule has 1 aromatic heterocycles. The molecular weight excluding hydrogens is 396 g/mol. The van der Waals surface area contributed by atoms with Crippen molar-refractivity contribution in [1.29, 1.82) is 0 Å². The van der Waals surface area contributed by atoms with E-state index < -0.39 is 0 Å². The van der Waals surface area contributed by atoms with E-state index in [4.69, 9.17) is 4.74 Å². The number of rotatable bonds is 5. The zero-order valence-electron chi connectivity index (χ0n) is 19.2. The highest BCUT2D eigenvalue weighted by Gasteiger charge is 2.32. The SMILES string of the molecule is COc1cccc(C2CCC(C)(C)C(C=CC(=O)Nc3cccc4cnccc34)=C2C)c1. The molecule has 1 amide bonds. The maximum Gasteiger partial charge on any atom is 0.248 e. The number of methoxy groups -OCH3 is 1. The molecule has 0 bridgehead atoms. The number of allylic oxidation sites excluding steroid dienone is 3. The summed E-state index contributed by atoms with van der Waals surface area (Å²) in [5, 5.41) is 5.02. The van der Waals surface area contributed by atoms with E-state index in [2.05, 4.69) is 43.2 Å². The Morgan fingerprint density at radius 2 is 2.00 bits per heavy atom. The number of aromatic nitrogens is 1. The summed E-state index contributed by atoms with van der Waals surface area (Å²) < 4.78 is 5.43. The number of pyridine rings is 1. The molecule has 164 valence electrons. The highest BCUT2D eigenvalue weighted by molar-refractivity contribution is 6.06. The molecular formula is C28H30N2O2. The van der Waals surface area contributed by atoms with Gasteiger partial charge in [0, 0.05) is 40.8 Å². The second-order valence-corrected chi connectivity index (χ2v) is 9.07. The van der Waals surface area contributed by atoms with Gasteiger partial charge in [0.1, 0.15) is 5.75 Å². The van der Waals surface area contributed by atoms with Crippen LogP contribution in [0.15, 0.2) is 84.2 Å². The van der Waals surface area contributed by atoms with Crippen LogP contribution in [0, 0.1) is 5.41 Å². The van der Waals surface area contributed by atoms with E-state index in [-0.39, 0.29) is 11.3 Å². The van der Waals surface area contributed by atoms with E-state index in [1.807, 2.05) is 42.5 Å². The lowest BCUT2D eigenvalue weighted by molar-refractivity contribution is -0.111. The van der Waals surface area contributed by atoms with Gasteiger partial charge in [0.15, 0.2) is 0 Å². The second kappa shape index (κ2) is 8.99. The minimum absolute atomic E-state index is 0.0152. The number of ether oxygens (including phenoxy) is 1. The largest absolute Gasteiger partial charge is 0.497 e. The maximum absolute atomic E-state index is 12.8. The van der Waals surface area contributed by atoms with E-state index in [1.165, 1.54) is 16.7 Å². The molecule has 0 saturated carbocycles. The van der Waals surface area contributed by atoms with Gasteiger partial charge >= 0.3 is 0 Å². The third-order valence-electron chi connectivity index (χ3n) is 6.57. The average molecular weight is 427 g/mol. The molecule has 32 heavy (non-hydrogen) atoms. The van der Waals surface area contributed by atoms with Gasteiger partial charge in [-0.3, -0.25) is 9.78 Å². The van der Waals surface area contributed by atoms with Gasteiger partial charge in [0.05, 0.1) is 7.11 Å². The monoisotopic (exact) mass is 426 g/mol. The van der Waals surface area contributed by atoms with Gasteiger partial charge in [-0.1, -0.05) is 49.8 Å². The van der Waals surface area contributed by atoms with Crippen LogP contribution in [-0.2, 0) is 4.79 Å². The minimum atomic E-state index is -0.131. The lowest BCUT2D eigenvalue weighted by Gasteiger charge is -2.37. The summed E-state index contributed by atoms with van der Waals surface area (Å²) in [4.78, 5) is 17.0. The molecule has 0 fully saturated rings. The van der Waals surface area contributed by atoms with Crippen molar-refractivity contribution >= 4 is 22.4 Å². The first-order valence-electron chi connectivity index (χ1n) is 11.1. The summed E-state index contributed by atoms with van der Waals surface area (Å²) in [6.45, 7) is 6.71. The van der Waals surface area contributed by atoms with Gasteiger partial charge in [-0.15, -0.1) is 0 Å². The van der Waals surface area contributed by atoms with Crippen LogP contribution in [0.2, 0.25) is 0 Å². The lowest BCUT2D eigenvalue weighted by atomic mass is 9.67. The fourth-order valence-electron chi connectivity index (χ4n) is 4.77. The Hall–Kier alpha value is -3.40. The number of amides is 1. The Bertz CT molecular complexity index is 1200. The van der Waals surface area contributed by atoms with Gasteiger partial charge < -0.3 is 10.1 Å². The summed E-state index contributed by atoms with van der Waals surface area (Å²) in [7, 11) is 1.70. The Labute approximate surface area is 190 Å². The topological polar surface area (TPSA) is 51.2 Å². The van der Waals surface area contributed by atoms with Crippen molar-refractivity contribution in [1.82, 2.24) is 4.98 Å². The number of hydrogen-bond donors (Lipinski definition) is 1. The number of benzene rings is 2. The van der Waals surface area contributed by atoms with E-state index in [0.717, 1.165) is 35.1 Å². The quantitative estimate of drug-likeness (QED) is 0.464. The molecule has 1 heterocycles. The van der Waals surface area contributed by atoms with Crippen LogP contribution >= 0.6 is 0 Å². The molecule has 3 aromatic rings. The van der Waals surface area contributed by atoms with Crippen molar-refractivity contribution in [2.24, 2.45) is 5.41 Å². The molecule has 0 saturated heterocycles. The molecule has 0 spiro atoms. The minimum Gasteiger partial charge on any atom is -0.497 e. The highest BCUT2D eigenvalue weighted by atomic mass is 16.5. The number of nitrogens with one attached hydrogen (secondary N) is 1. The second-order valence-electron chi connectivity index (χ2n) is 9.07. The summed E-state index contributed by atoms with van der Waals surface area (Å²) in [6, 6.07) is 16.1. The smallest absolute Gasteiger partial charge is 0.248 e.